The van der Waals surface area contributed by atoms with Crippen molar-refractivity contribution in [2.75, 3.05) is 19.6 Å². The van der Waals surface area contributed by atoms with E-state index >= 15 is 0 Å². The number of ketones is 1. The van der Waals surface area contributed by atoms with E-state index in [0.717, 1.165) is 59.7 Å². The number of para-hydroxylation sites is 1. The van der Waals surface area contributed by atoms with Crippen molar-refractivity contribution < 1.29 is 9.90 Å². The zero-order valence-electron chi connectivity index (χ0n) is 19.7. The van der Waals surface area contributed by atoms with Crippen molar-refractivity contribution in [1.29, 1.82) is 0 Å². The van der Waals surface area contributed by atoms with Crippen molar-refractivity contribution in [3.63, 3.8) is 0 Å². The Morgan fingerprint density at radius 3 is 2.39 bits per heavy atom. The molecule has 0 fully saturated rings. The van der Waals surface area contributed by atoms with Crippen LogP contribution in [0.1, 0.15) is 55.5 Å². The van der Waals surface area contributed by atoms with Gasteiger partial charge in [-0.15, -0.1) is 0 Å². The number of carbonyl (C=O) groups excluding carboxylic acids is 1. The first-order valence-corrected chi connectivity index (χ1v) is 12.8. The van der Waals surface area contributed by atoms with E-state index in [0.29, 0.717) is 18.7 Å². The van der Waals surface area contributed by atoms with Gasteiger partial charge in [-0.1, -0.05) is 60.8 Å². The minimum Gasteiger partial charge on any atom is -0.390 e. The first kappa shape index (κ1) is 25.4. The van der Waals surface area contributed by atoms with Gasteiger partial charge >= 0.3 is 0 Å². The Labute approximate surface area is 206 Å². The molecule has 1 atom stereocenters. The number of rotatable bonds is 13. The summed E-state index contributed by atoms with van der Waals surface area (Å²) in [6, 6.07) is 15.5. The average Bonchev–Trinajstić information content (AvgIpc) is 3.17. The van der Waals surface area contributed by atoms with Crippen LogP contribution in [0.25, 0.3) is 17.0 Å². The van der Waals surface area contributed by atoms with Crippen LogP contribution in [0, 0.1) is 0 Å². The molecule has 0 aliphatic heterocycles. The van der Waals surface area contributed by atoms with Gasteiger partial charge in [-0.3, -0.25) is 4.79 Å². The quantitative estimate of drug-likeness (QED) is 0.209. The van der Waals surface area contributed by atoms with Crippen LogP contribution in [0.5, 0.6) is 0 Å². The molecule has 0 bridgehead atoms. The molecule has 0 unspecified atom stereocenters. The van der Waals surface area contributed by atoms with Gasteiger partial charge in [-0.2, -0.15) is 0 Å². The van der Waals surface area contributed by atoms with E-state index in [-0.39, 0.29) is 5.78 Å². The van der Waals surface area contributed by atoms with E-state index < -0.39 is 6.10 Å². The Morgan fingerprint density at radius 1 is 1.06 bits per heavy atom. The Balaban J connectivity index is 1.74. The maximum Gasteiger partial charge on any atom is 0.185 e. The molecule has 1 aromatic heterocycles. The number of fused-ring (bicyclic) bond motifs is 1. The second kappa shape index (κ2) is 12.9. The summed E-state index contributed by atoms with van der Waals surface area (Å²) in [6.07, 6.45) is 9.74. The third-order valence-corrected chi connectivity index (χ3v) is 6.42. The molecule has 1 heterocycles. The predicted octanol–water partition coefficient (Wildman–Crippen LogP) is 6.56. The highest BCUT2D eigenvalue weighted by atomic mass is 79.9. The predicted molar refractivity (Wildman–Crippen MR) is 142 cm³/mol. The van der Waals surface area contributed by atoms with E-state index in [1.165, 1.54) is 0 Å². The zero-order valence-corrected chi connectivity index (χ0v) is 21.3. The summed E-state index contributed by atoms with van der Waals surface area (Å²) in [4.78, 5) is 15.0. The largest absolute Gasteiger partial charge is 0.390 e. The van der Waals surface area contributed by atoms with Crippen molar-refractivity contribution in [3.8, 4) is 0 Å². The van der Waals surface area contributed by atoms with Gasteiger partial charge in [0, 0.05) is 45.8 Å². The second-order valence-electron chi connectivity index (χ2n) is 8.62. The van der Waals surface area contributed by atoms with Crippen LogP contribution in [-0.2, 0) is 6.54 Å². The van der Waals surface area contributed by atoms with Crippen molar-refractivity contribution in [1.82, 2.24) is 9.47 Å². The summed E-state index contributed by atoms with van der Waals surface area (Å²) in [6.45, 7) is 7.69. The van der Waals surface area contributed by atoms with Crippen LogP contribution >= 0.6 is 15.9 Å². The molecule has 0 saturated heterocycles. The number of benzene rings is 2. The summed E-state index contributed by atoms with van der Waals surface area (Å²) < 4.78 is 3.06. The number of aromatic nitrogens is 1. The molecule has 0 amide bonds. The highest BCUT2D eigenvalue weighted by molar-refractivity contribution is 9.10. The fourth-order valence-electron chi connectivity index (χ4n) is 4.08. The third-order valence-electron chi connectivity index (χ3n) is 5.89. The third kappa shape index (κ3) is 7.39. The standard InChI is InChI=1S/C28H35BrN2O2/c1-3-5-17-30(18-6-4-2)20-25(32)21-31-19-23(26-9-7-8-10-27(26)31)13-16-28(33)22-11-14-24(29)15-12-22/h7-16,19,25,32H,3-6,17-18,20-21H2,1-2H3/b16-13+/t25-/m1/s1. The molecule has 0 aliphatic carbocycles. The van der Waals surface area contributed by atoms with Gasteiger partial charge in [0.2, 0.25) is 0 Å². The van der Waals surface area contributed by atoms with Crippen LogP contribution in [0.4, 0.5) is 0 Å². The highest BCUT2D eigenvalue weighted by Gasteiger charge is 2.14. The number of aliphatic hydroxyl groups is 1. The molecular formula is C28H35BrN2O2. The fourth-order valence-corrected chi connectivity index (χ4v) is 4.34. The molecule has 33 heavy (non-hydrogen) atoms. The lowest BCUT2D eigenvalue weighted by atomic mass is 10.1. The maximum atomic E-state index is 12.6. The molecule has 4 nitrogen and oxygen atoms in total. The van der Waals surface area contributed by atoms with Gasteiger partial charge < -0.3 is 14.6 Å². The van der Waals surface area contributed by atoms with Crippen LogP contribution in [0.3, 0.4) is 0 Å². The summed E-state index contributed by atoms with van der Waals surface area (Å²) in [5.74, 6) is -0.0261. The molecule has 1 N–H and O–H groups in total. The first-order chi connectivity index (χ1) is 16.0. The van der Waals surface area contributed by atoms with Crippen LogP contribution in [0.2, 0.25) is 0 Å². The highest BCUT2D eigenvalue weighted by Crippen LogP contribution is 2.23. The summed E-state index contributed by atoms with van der Waals surface area (Å²) in [5, 5.41) is 12.0. The molecule has 3 rings (SSSR count). The van der Waals surface area contributed by atoms with Crippen LogP contribution in [0.15, 0.2) is 65.3 Å². The lowest BCUT2D eigenvalue weighted by Gasteiger charge is -2.25. The lowest BCUT2D eigenvalue weighted by Crippen LogP contribution is -2.36. The summed E-state index contributed by atoms with van der Waals surface area (Å²) in [5.41, 5.74) is 2.71. The van der Waals surface area contributed by atoms with E-state index in [1.54, 1.807) is 6.08 Å². The number of halogens is 1. The molecule has 0 radical (unpaired) electrons. The lowest BCUT2D eigenvalue weighted by molar-refractivity contribution is 0.0973. The van der Waals surface area contributed by atoms with E-state index in [1.807, 2.05) is 48.7 Å². The Bertz CT molecular complexity index is 1050. The van der Waals surface area contributed by atoms with Crippen molar-refractivity contribution in [2.45, 2.75) is 52.2 Å². The normalized spacial score (nSPS) is 12.8. The van der Waals surface area contributed by atoms with Gasteiger partial charge in [-0.25, -0.2) is 0 Å². The number of aliphatic hydroxyl groups excluding tert-OH is 1. The smallest absolute Gasteiger partial charge is 0.185 e. The molecule has 176 valence electrons. The molecular weight excluding hydrogens is 476 g/mol. The molecule has 0 aliphatic rings. The number of allylic oxidation sites excluding steroid dienone is 1. The van der Waals surface area contributed by atoms with Gasteiger partial charge in [0.05, 0.1) is 6.10 Å². The van der Waals surface area contributed by atoms with Crippen molar-refractivity contribution in [3.05, 3.63) is 76.4 Å². The summed E-state index contributed by atoms with van der Waals surface area (Å²) >= 11 is 3.40. The van der Waals surface area contributed by atoms with Gasteiger partial charge in [0.15, 0.2) is 5.78 Å². The van der Waals surface area contributed by atoms with Gasteiger partial charge in [0.1, 0.15) is 0 Å². The molecule has 2 aromatic carbocycles. The number of hydrogen-bond donors (Lipinski definition) is 1. The first-order valence-electron chi connectivity index (χ1n) is 12.0. The fraction of sp³-hybridized carbons (Fsp3) is 0.393. The van der Waals surface area contributed by atoms with Crippen LogP contribution < -0.4 is 0 Å². The minimum absolute atomic E-state index is 0.0261. The van der Waals surface area contributed by atoms with Gasteiger partial charge in [-0.05, 0) is 68.4 Å². The number of carbonyl (C=O) groups is 1. The zero-order chi connectivity index (χ0) is 23.6. The van der Waals surface area contributed by atoms with Crippen molar-refractivity contribution >= 4 is 38.7 Å². The summed E-state index contributed by atoms with van der Waals surface area (Å²) in [7, 11) is 0. The Kier molecular flexibility index (Phi) is 9.92. The number of nitrogens with zero attached hydrogens (tertiary/aromatic N) is 2. The average molecular weight is 512 g/mol. The Morgan fingerprint density at radius 2 is 1.73 bits per heavy atom. The monoisotopic (exact) mass is 510 g/mol. The molecule has 3 aromatic rings. The number of hydrogen-bond acceptors (Lipinski definition) is 3. The van der Waals surface area contributed by atoms with E-state index in [4.69, 9.17) is 0 Å². The maximum absolute atomic E-state index is 12.6. The van der Waals surface area contributed by atoms with E-state index in [2.05, 4.69) is 51.4 Å². The second-order valence-corrected chi connectivity index (χ2v) is 9.54. The van der Waals surface area contributed by atoms with Gasteiger partial charge in [0.25, 0.3) is 0 Å². The number of unbranched alkanes of at least 4 members (excludes halogenated alkanes) is 2. The van der Waals surface area contributed by atoms with Crippen LogP contribution in [-0.4, -0.2) is 46.1 Å². The molecule has 5 heteroatoms. The minimum atomic E-state index is -0.448. The van der Waals surface area contributed by atoms with Crippen molar-refractivity contribution in [2.24, 2.45) is 0 Å². The SMILES string of the molecule is CCCCN(CCCC)C[C@@H](O)Cn1cc(/C=C/C(=O)c2ccc(Br)cc2)c2ccccc21. The van der Waals surface area contributed by atoms with E-state index in [9.17, 15) is 9.90 Å². The Hall–Kier alpha value is -2.21. The topological polar surface area (TPSA) is 45.5 Å². The molecule has 0 saturated carbocycles. The molecule has 0 spiro atoms.